The van der Waals surface area contributed by atoms with Crippen LogP contribution in [0, 0.1) is 0 Å². The Labute approximate surface area is 147 Å². The molecule has 2 heterocycles. The number of H-pyrrole nitrogens is 1. The van der Waals surface area contributed by atoms with E-state index in [1.807, 2.05) is 0 Å². The van der Waals surface area contributed by atoms with Crippen LogP contribution >= 0.6 is 11.6 Å². The maximum absolute atomic E-state index is 13.0. The topological polar surface area (TPSA) is 88.4 Å². The molecule has 3 rings (SSSR count). The van der Waals surface area contributed by atoms with Crippen LogP contribution in [0.1, 0.15) is 29.8 Å². The van der Waals surface area contributed by atoms with Gasteiger partial charge in [0.25, 0.3) is 5.91 Å². The molecule has 1 amide bonds. The SMILES string of the molecule is CN(CC1CCCCO1)S(=O)c1c(C(N)=O)[nH]c2ccc(Cl)cc12. The number of nitrogens with two attached hydrogens (primary N) is 1. The predicted molar refractivity (Wildman–Crippen MR) is 94.5 cm³/mol. The molecule has 2 aromatic rings. The molecule has 8 heteroatoms. The first kappa shape index (κ1) is 17.4. The summed E-state index contributed by atoms with van der Waals surface area (Å²) >= 11 is 6.06. The number of nitrogens with zero attached hydrogens (tertiary/aromatic N) is 1. The number of primary amides is 1. The molecule has 6 nitrogen and oxygen atoms in total. The number of fused-ring (bicyclic) bond motifs is 1. The number of likely N-dealkylation sites (N-methyl/N-ethyl adjacent to an activating group) is 1. The minimum atomic E-state index is -1.55. The normalized spacial score (nSPS) is 19.7. The Kier molecular flexibility index (Phi) is 5.24. The Hall–Kier alpha value is -1.41. The van der Waals surface area contributed by atoms with Gasteiger partial charge in [-0.3, -0.25) is 4.79 Å². The highest BCUT2D eigenvalue weighted by atomic mass is 35.5. The Morgan fingerprint density at radius 1 is 1.50 bits per heavy atom. The number of aromatic amines is 1. The van der Waals surface area contributed by atoms with Crippen molar-refractivity contribution in [3.05, 3.63) is 28.9 Å². The summed E-state index contributed by atoms with van der Waals surface area (Å²) in [6, 6.07) is 5.14. The molecule has 0 spiro atoms. The third kappa shape index (κ3) is 3.49. The van der Waals surface area contributed by atoms with Crippen LogP contribution < -0.4 is 5.73 Å². The van der Waals surface area contributed by atoms with Crippen LogP contribution in [-0.2, 0) is 15.7 Å². The highest BCUT2D eigenvalue weighted by Crippen LogP contribution is 2.29. The third-order valence-electron chi connectivity index (χ3n) is 4.15. The number of ether oxygens (including phenoxy) is 1. The molecule has 0 bridgehead atoms. The zero-order valence-corrected chi connectivity index (χ0v) is 15.0. The molecule has 1 aromatic heterocycles. The zero-order chi connectivity index (χ0) is 17.3. The van der Waals surface area contributed by atoms with Crippen molar-refractivity contribution < 1.29 is 13.7 Å². The van der Waals surface area contributed by atoms with Gasteiger partial charge in [-0.2, -0.15) is 0 Å². The molecule has 2 atom stereocenters. The predicted octanol–water partition coefficient (Wildman–Crippen LogP) is 2.44. The van der Waals surface area contributed by atoms with Gasteiger partial charge >= 0.3 is 0 Å². The van der Waals surface area contributed by atoms with Crippen molar-refractivity contribution in [2.24, 2.45) is 5.73 Å². The molecule has 2 unspecified atom stereocenters. The van der Waals surface area contributed by atoms with Gasteiger partial charge < -0.3 is 15.5 Å². The van der Waals surface area contributed by atoms with Gasteiger partial charge in [-0.15, -0.1) is 0 Å². The molecular weight excluding hydrogens is 350 g/mol. The molecule has 3 N–H and O–H groups in total. The van der Waals surface area contributed by atoms with Gasteiger partial charge in [-0.1, -0.05) is 11.6 Å². The largest absolute Gasteiger partial charge is 0.377 e. The second kappa shape index (κ2) is 7.23. The van der Waals surface area contributed by atoms with Crippen LogP contribution in [-0.4, -0.2) is 45.7 Å². The van der Waals surface area contributed by atoms with Gasteiger partial charge in [0.1, 0.15) is 16.7 Å². The summed E-state index contributed by atoms with van der Waals surface area (Å²) in [5.41, 5.74) is 6.29. The fourth-order valence-corrected chi connectivity index (χ4v) is 4.42. The van der Waals surface area contributed by atoms with Crippen molar-refractivity contribution in [1.29, 1.82) is 0 Å². The quantitative estimate of drug-likeness (QED) is 0.848. The Morgan fingerprint density at radius 3 is 2.96 bits per heavy atom. The van der Waals surface area contributed by atoms with Gasteiger partial charge in [-0.25, -0.2) is 8.51 Å². The van der Waals surface area contributed by atoms with E-state index in [0.29, 0.717) is 27.4 Å². The molecule has 0 radical (unpaired) electrons. The maximum atomic E-state index is 13.0. The second-order valence-electron chi connectivity index (χ2n) is 5.93. The number of benzene rings is 1. The molecule has 0 saturated carbocycles. The molecule has 1 aliphatic rings. The summed E-state index contributed by atoms with van der Waals surface area (Å²) in [5.74, 6) is -0.645. The molecule has 1 aromatic carbocycles. The van der Waals surface area contributed by atoms with Crippen molar-refractivity contribution in [1.82, 2.24) is 9.29 Å². The number of hydrogen-bond donors (Lipinski definition) is 2. The minimum Gasteiger partial charge on any atom is -0.377 e. The average molecular weight is 370 g/mol. The van der Waals surface area contributed by atoms with Gasteiger partial charge in [0.05, 0.1) is 11.0 Å². The molecule has 1 saturated heterocycles. The van der Waals surface area contributed by atoms with Gasteiger partial charge in [-0.05, 0) is 37.5 Å². The Bertz CT molecular complexity index is 786. The first-order chi connectivity index (χ1) is 11.5. The van der Waals surface area contributed by atoms with E-state index in [4.69, 9.17) is 22.1 Å². The van der Waals surface area contributed by atoms with Crippen LogP contribution in [0.2, 0.25) is 5.02 Å². The van der Waals surface area contributed by atoms with E-state index in [0.717, 1.165) is 25.9 Å². The van der Waals surface area contributed by atoms with E-state index in [1.54, 1.807) is 29.6 Å². The summed E-state index contributed by atoms with van der Waals surface area (Å²) < 4.78 is 20.4. The van der Waals surface area contributed by atoms with E-state index >= 15 is 0 Å². The lowest BCUT2D eigenvalue weighted by molar-refractivity contribution is 0.00912. The monoisotopic (exact) mass is 369 g/mol. The average Bonchev–Trinajstić information content (AvgIpc) is 2.93. The number of carbonyl (C=O) groups excluding carboxylic acids is 1. The van der Waals surface area contributed by atoms with Crippen LogP contribution in [0.25, 0.3) is 10.9 Å². The second-order valence-corrected chi connectivity index (χ2v) is 7.90. The van der Waals surface area contributed by atoms with Crippen LogP contribution in [0.15, 0.2) is 23.1 Å². The maximum Gasteiger partial charge on any atom is 0.266 e. The van der Waals surface area contributed by atoms with Crippen molar-refractivity contribution in [3.8, 4) is 0 Å². The van der Waals surface area contributed by atoms with Crippen molar-refractivity contribution >= 4 is 39.4 Å². The standard InChI is InChI=1S/C16H20ClN3O3S/c1-20(9-11-4-2-3-7-23-11)24(22)15-12-8-10(17)5-6-13(12)19-14(15)16(18)21/h5-6,8,11,19H,2-4,7,9H2,1H3,(H2,18,21). The first-order valence-corrected chi connectivity index (χ1v) is 9.31. The highest BCUT2D eigenvalue weighted by Gasteiger charge is 2.26. The fraction of sp³-hybridized carbons (Fsp3) is 0.438. The lowest BCUT2D eigenvalue weighted by Gasteiger charge is -2.26. The smallest absolute Gasteiger partial charge is 0.266 e. The number of hydrogen-bond acceptors (Lipinski definition) is 3. The first-order valence-electron chi connectivity index (χ1n) is 7.83. The molecule has 1 aliphatic heterocycles. The van der Waals surface area contributed by atoms with Crippen molar-refractivity contribution in [3.63, 3.8) is 0 Å². The van der Waals surface area contributed by atoms with E-state index in [2.05, 4.69) is 4.98 Å². The zero-order valence-electron chi connectivity index (χ0n) is 13.4. The summed E-state index contributed by atoms with van der Waals surface area (Å²) in [4.78, 5) is 15.1. The van der Waals surface area contributed by atoms with Crippen molar-refractivity contribution in [2.45, 2.75) is 30.3 Å². The number of amides is 1. The van der Waals surface area contributed by atoms with Crippen LogP contribution in [0.3, 0.4) is 0 Å². The minimum absolute atomic E-state index is 0.0542. The number of aromatic nitrogens is 1. The summed E-state index contributed by atoms with van der Waals surface area (Å²) in [7, 11) is 0.201. The van der Waals surface area contributed by atoms with Crippen LogP contribution in [0.5, 0.6) is 0 Å². The van der Waals surface area contributed by atoms with Gasteiger partial charge in [0, 0.05) is 36.1 Å². The molecule has 1 fully saturated rings. The molecular formula is C16H20ClN3O3S. The number of rotatable bonds is 5. The summed E-state index contributed by atoms with van der Waals surface area (Å²) in [6.45, 7) is 1.26. The number of halogens is 1. The van der Waals surface area contributed by atoms with E-state index < -0.39 is 16.9 Å². The summed E-state index contributed by atoms with van der Waals surface area (Å²) in [5, 5.41) is 1.15. The number of nitrogens with one attached hydrogen (secondary N) is 1. The molecule has 130 valence electrons. The van der Waals surface area contributed by atoms with Gasteiger partial charge in [0.15, 0.2) is 0 Å². The third-order valence-corrected chi connectivity index (χ3v) is 5.88. The van der Waals surface area contributed by atoms with E-state index in [1.165, 1.54) is 0 Å². The van der Waals surface area contributed by atoms with E-state index in [9.17, 15) is 9.00 Å². The lowest BCUT2D eigenvalue weighted by Crippen LogP contribution is -2.35. The lowest BCUT2D eigenvalue weighted by atomic mass is 10.1. The fourth-order valence-electron chi connectivity index (χ4n) is 2.96. The highest BCUT2D eigenvalue weighted by molar-refractivity contribution is 7.83. The van der Waals surface area contributed by atoms with E-state index in [-0.39, 0.29) is 11.8 Å². The Balaban J connectivity index is 1.94. The molecule has 24 heavy (non-hydrogen) atoms. The molecule has 0 aliphatic carbocycles. The Morgan fingerprint density at radius 2 is 2.29 bits per heavy atom. The van der Waals surface area contributed by atoms with Crippen LogP contribution in [0.4, 0.5) is 0 Å². The number of carbonyl (C=O) groups is 1. The summed E-state index contributed by atoms with van der Waals surface area (Å²) in [6.07, 6.45) is 3.18. The van der Waals surface area contributed by atoms with Gasteiger partial charge in [0.2, 0.25) is 0 Å². The van der Waals surface area contributed by atoms with Crippen molar-refractivity contribution in [2.75, 3.05) is 20.2 Å².